The quantitative estimate of drug-likeness (QED) is 0.412. The molecule has 158 valence electrons. The van der Waals surface area contributed by atoms with Crippen LogP contribution in [0, 0.1) is 0 Å². The number of nitrogens with one attached hydrogen (secondary N) is 1. The molecule has 0 bridgehead atoms. The SMILES string of the molecule is CCOP(=O)(OCC)c1ccc(/C=C2\C(=O)Nc3cc(-c4cccnc4)ccc32)cc1. The summed E-state index contributed by atoms with van der Waals surface area (Å²) in [5.74, 6) is -0.156. The summed E-state index contributed by atoms with van der Waals surface area (Å²) in [5, 5.41) is 3.43. The number of carbonyl (C=O) groups excluding carboxylic acids is 1. The first-order chi connectivity index (χ1) is 15.0. The van der Waals surface area contributed by atoms with E-state index in [-0.39, 0.29) is 5.91 Å². The van der Waals surface area contributed by atoms with Crippen molar-refractivity contribution in [3.05, 3.63) is 78.1 Å². The first-order valence-electron chi connectivity index (χ1n) is 10.1. The van der Waals surface area contributed by atoms with Crippen molar-refractivity contribution in [2.75, 3.05) is 18.5 Å². The average molecular weight is 434 g/mol. The van der Waals surface area contributed by atoms with Crippen LogP contribution in [0.25, 0.3) is 22.8 Å². The highest BCUT2D eigenvalue weighted by Gasteiger charge is 2.27. The van der Waals surface area contributed by atoms with Crippen LogP contribution in [0.5, 0.6) is 0 Å². The Hall–Kier alpha value is -3.05. The maximum atomic E-state index is 12.9. The van der Waals surface area contributed by atoms with Gasteiger partial charge in [-0.2, -0.15) is 0 Å². The Morgan fingerprint density at radius 3 is 2.39 bits per heavy atom. The maximum absolute atomic E-state index is 12.9. The normalized spacial score (nSPS) is 14.5. The van der Waals surface area contributed by atoms with E-state index in [9.17, 15) is 9.36 Å². The molecule has 0 saturated carbocycles. The number of anilines is 1. The Bertz CT molecular complexity index is 1160. The van der Waals surface area contributed by atoms with Crippen LogP contribution >= 0.6 is 7.60 Å². The van der Waals surface area contributed by atoms with Crippen molar-refractivity contribution in [2.24, 2.45) is 0 Å². The smallest absolute Gasteiger partial charge is 0.321 e. The number of aromatic nitrogens is 1. The largest absolute Gasteiger partial charge is 0.361 e. The highest BCUT2D eigenvalue weighted by atomic mass is 31.2. The van der Waals surface area contributed by atoms with Gasteiger partial charge < -0.3 is 14.4 Å². The molecule has 2 heterocycles. The van der Waals surface area contributed by atoms with Gasteiger partial charge in [0.15, 0.2) is 0 Å². The second kappa shape index (κ2) is 8.98. The van der Waals surface area contributed by atoms with Gasteiger partial charge in [-0.15, -0.1) is 0 Å². The summed E-state index contributed by atoms with van der Waals surface area (Å²) in [4.78, 5) is 16.8. The summed E-state index contributed by atoms with van der Waals surface area (Å²) in [6.45, 7) is 4.14. The lowest BCUT2D eigenvalue weighted by Gasteiger charge is -2.17. The van der Waals surface area contributed by atoms with Crippen LogP contribution in [0.1, 0.15) is 25.0 Å². The lowest BCUT2D eigenvalue weighted by Crippen LogP contribution is -2.10. The van der Waals surface area contributed by atoms with Crippen LogP contribution in [0.3, 0.4) is 0 Å². The number of hydrogen-bond donors (Lipinski definition) is 1. The van der Waals surface area contributed by atoms with E-state index in [1.165, 1.54) is 0 Å². The van der Waals surface area contributed by atoms with Gasteiger partial charge in [0.2, 0.25) is 0 Å². The monoisotopic (exact) mass is 434 g/mol. The van der Waals surface area contributed by atoms with Gasteiger partial charge in [0.05, 0.1) is 18.5 Å². The molecule has 3 aromatic rings. The fraction of sp³-hybridized carbons (Fsp3) is 0.167. The summed E-state index contributed by atoms with van der Waals surface area (Å²) in [6.07, 6.45) is 5.34. The van der Waals surface area contributed by atoms with Crippen molar-refractivity contribution in [1.82, 2.24) is 4.98 Å². The zero-order chi connectivity index (χ0) is 21.8. The fourth-order valence-corrected chi connectivity index (χ4v) is 5.06. The molecule has 1 amide bonds. The average Bonchev–Trinajstić information content (AvgIpc) is 3.09. The number of amides is 1. The minimum absolute atomic E-state index is 0.156. The fourth-order valence-electron chi connectivity index (χ4n) is 3.50. The molecular formula is C24H23N2O4P. The molecule has 4 rings (SSSR count). The third-order valence-electron chi connectivity index (χ3n) is 4.92. The molecule has 0 fully saturated rings. The van der Waals surface area contributed by atoms with Crippen LogP contribution in [0.2, 0.25) is 0 Å². The maximum Gasteiger partial charge on any atom is 0.361 e. The van der Waals surface area contributed by atoms with Gasteiger partial charge in [-0.25, -0.2) is 0 Å². The first-order valence-corrected chi connectivity index (χ1v) is 11.7. The lowest BCUT2D eigenvalue weighted by atomic mass is 10.00. The van der Waals surface area contributed by atoms with Crippen LogP contribution in [-0.4, -0.2) is 24.1 Å². The lowest BCUT2D eigenvalue weighted by molar-refractivity contribution is -0.110. The van der Waals surface area contributed by atoms with Crippen LogP contribution < -0.4 is 10.6 Å². The van der Waals surface area contributed by atoms with Crippen molar-refractivity contribution in [2.45, 2.75) is 13.8 Å². The first kappa shape index (κ1) is 21.2. The van der Waals surface area contributed by atoms with Gasteiger partial charge in [0.1, 0.15) is 0 Å². The standard InChI is InChI=1S/C24H23N2O4P/c1-3-29-31(28,30-4-2)20-10-7-17(8-11-20)14-22-21-12-9-18(15-23(21)26-24(22)27)19-6-5-13-25-16-19/h5-16H,3-4H2,1-2H3,(H,26,27)/b22-14-. The van der Waals surface area contributed by atoms with Gasteiger partial charge in [0.25, 0.3) is 5.91 Å². The summed E-state index contributed by atoms with van der Waals surface area (Å²) in [6, 6.07) is 16.8. The summed E-state index contributed by atoms with van der Waals surface area (Å²) in [5.41, 5.74) is 4.99. The highest BCUT2D eigenvalue weighted by molar-refractivity contribution is 7.62. The van der Waals surface area contributed by atoms with Crippen molar-refractivity contribution >= 4 is 36.1 Å². The van der Waals surface area contributed by atoms with E-state index in [4.69, 9.17) is 9.05 Å². The molecule has 0 radical (unpaired) electrons. The van der Waals surface area contributed by atoms with E-state index in [1.807, 2.05) is 48.5 Å². The second-order valence-electron chi connectivity index (χ2n) is 6.94. The van der Waals surface area contributed by atoms with Crippen LogP contribution in [0.15, 0.2) is 67.0 Å². The Kier molecular flexibility index (Phi) is 6.14. The minimum atomic E-state index is -3.33. The molecule has 0 spiro atoms. The Labute approximate surface area is 181 Å². The number of carbonyl (C=O) groups is 1. The molecule has 31 heavy (non-hydrogen) atoms. The molecule has 2 aromatic carbocycles. The predicted molar refractivity (Wildman–Crippen MR) is 123 cm³/mol. The van der Waals surface area contributed by atoms with E-state index in [0.717, 1.165) is 27.9 Å². The number of pyridine rings is 1. The highest BCUT2D eigenvalue weighted by Crippen LogP contribution is 2.46. The van der Waals surface area contributed by atoms with Crippen molar-refractivity contribution in [3.63, 3.8) is 0 Å². The zero-order valence-corrected chi connectivity index (χ0v) is 18.3. The summed E-state index contributed by atoms with van der Waals surface area (Å²) in [7, 11) is -3.33. The number of fused-ring (bicyclic) bond motifs is 1. The molecule has 1 N–H and O–H groups in total. The number of nitrogens with zero attached hydrogens (tertiary/aromatic N) is 1. The zero-order valence-electron chi connectivity index (χ0n) is 17.4. The van der Waals surface area contributed by atoms with E-state index in [1.54, 1.807) is 38.4 Å². The molecule has 7 heteroatoms. The number of hydrogen-bond acceptors (Lipinski definition) is 5. The van der Waals surface area contributed by atoms with Gasteiger partial charge >= 0.3 is 7.60 Å². The molecule has 6 nitrogen and oxygen atoms in total. The van der Waals surface area contributed by atoms with E-state index in [2.05, 4.69) is 10.3 Å². The molecule has 0 saturated heterocycles. The van der Waals surface area contributed by atoms with Gasteiger partial charge in [-0.05, 0) is 55.3 Å². The molecule has 1 aliphatic rings. The third kappa shape index (κ3) is 4.37. The second-order valence-corrected chi connectivity index (χ2v) is 8.97. The van der Waals surface area contributed by atoms with E-state index < -0.39 is 7.60 Å². The van der Waals surface area contributed by atoms with Gasteiger partial charge in [0, 0.05) is 34.8 Å². The molecule has 0 atom stereocenters. The molecule has 0 unspecified atom stereocenters. The molecule has 1 aromatic heterocycles. The van der Waals surface area contributed by atoms with Crippen molar-refractivity contribution in [3.8, 4) is 11.1 Å². The Balaban J connectivity index is 1.63. The van der Waals surface area contributed by atoms with Gasteiger partial charge in [-0.3, -0.25) is 14.3 Å². The number of benzene rings is 2. The molecule has 1 aliphatic heterocycles. The predicted octanol–water partition coefficient (Wildman–Crippen LogP) is 5.13. The van der Waals surface area contributed by atoms with Gasteiger partial charge in [-0.1, -0.05) is 30.3 Å². The minimum Gasteiger partial charge on any atom is -0.321 e. The van der Waals surface area contributed by atoms with Crippen molar-refractivity contribution < 1.29 is 18.4 Å². The molecular weight excluding hydrogens is 411 g/mol. The van der Waals surface area contributed by atoms with Crippen LogP contribution in [0.4, 0.5) is 5.69 Å². The van der Waals surface area contributed by atoms with E-state index in [0.29, 0.717) is 24.1 Å². The van der Waals surface area contributed by atoms with Crippen molar-refractivity contribution in [1.29, 1.82) is 0 Å². The summed E-state index contributed by atoms with van der Waals surface area (Å²) < 4.78 is 23.7. The number of rotatable bonds is 7. The topological polar surface area (TPSA) is 77.5 Å². The van der Waals surface area contributed by atoms with Crippen LogP contribution in [-0.2, 0) is 18.4 Å². The summed E-state index contributed by atoms with van der Waals surface area (Å²) >= 11 is 0. The Morgan fingerprint density at radius 1 is 1.00 bits per heavy atom. The third-order valence-corrected chi connectivity index (χ3v) is 7.04. The molecule has 0 aliphatic carbocycles. The van der Waals surface area contributed by atoms with E-state index >= 15 is 0 Å². The Morgan fingerprint density at radius 2 is 1.74 bits per heavy atom.